The van der Waals surface area contributed by atoms with Crippen molar-refractivity contribution in [2.75, 3.05) is 26.2 Å². The number of rotatable bonds is 7. The molecule has 0 radical (unpaired) electrons. The molecule has 3 nitrogen and oxygen atoms in total. The summed E-state index contributed by atoms with van der Waals surface area (Å²) < 4.78 is 0. The zero-order valence-electron chi connectivity index (χ0n) is 6.60. The lowest BCUT2D eigenvalue weighted by molar-refractivity contribution is 0.611. The maximum Gasteiger partial charge on any atom is -0.00369 e. The quantitative estimate of drug-likeness (QED) is 0.341. The Morgan fingerprint density at radius 3 is 2.00 bits per heavy atom. The van der Waals surface area contributed by atoms with Crippen molar-refractivity contribution in [1.82, 2.24) is 5.32 Å². The van der Waals surface area contributed by atoms with Gasteiger partial charge in [-0.15, -0.1) is 0 Å². The zero-order valence-corrected chi connectivity index (χ0v) is 6.60. The van der Waals surface area contributed by atoms with E-state index in [9.17, 15) is 0 Å². The molecule has 0 amide bonds. The van der Waals surface area contributed by atoms with Gasteiger partial charge in [0.15, 0.2) is 0 Å². The molecule has 0 rings (SSSR count). The largest absolute Gasteiger partial charge is 0.330 e. The van der Waals surface area contributed by atoms with Crippen molar-refractivity contribution in [2.24, 2.45) is 11.5 Å². The molecule has 0 heterocycles. The Hall–Kier alpha value is -0.120. The van der Waals surface area contributed by atoms with Crippen molar-refractivity contribution < 1.29 is 0 Å². The maximum absolute atomic E-state index is 5.32. The van der Waals surface area contributed by atoms with Crippen molar-refractivity contribution in [1.29, 1.82) is 0 Å². The Labute approximate surface area is 63.2 Å². The first-order valence-corrected chi connectivity index (χ1v) is 4.02. The summed E-state index contributed by atoms with van der Waals surface area (Å²) in [5.74, 6) is 0. The molecule has 0 atom stereocenters. The van der Waals surface area contributed by atoms with E-state index >= 15 is 0 Å². The van der Waals surface area contributed by atoms with Crippen molar-refractivity contribution in [3.05, 3.63) is 0 Å². The standard InChI is InChI=1S/C7H19N3/c8-4-1-2-6-10-7-3-5-9/h10H,1-9H2/i4+1,6+1. The summed E-state index contributed by atoms with van der Waals surface area (Å²) >= 11 is 0. The third-order valence-electron chi connectivity index (χ3n) is 1.37. The lowest BCUT2D eigenvalue weighted by atomic mass is 10.4. The van der Waals surface area contributed by atoms with Crippen LogP contribution >= 0.6 is 0 Å². The van der Waals surface area contributed by atoms with Crippen molar-refractivity contribution in [2.45, 2.75) is 19.3 Å². The first-order valence-electron chi connectivity index (χ1n) is 4.02. The monoisotopic (exact) mass is 147 g/mol. The zero-order chi connectivity index (χ0) is 7.66. The predicted molar refractivity (Wildman–Crippen MR) is 44.8 cm³/mol. The van der Waals surface area contributed by atoms with Crippen LogP contribution in [0.3, 0.4) is 0 Å². The van der Waals surface area contributed by atoms with Crippen LogP contribution in [-0.4, -0.2) is 26.2 Å². The van der Waals surface area contributed by atoms with Crippen LogP contribution in [-0.2, 0) is 0 Å². The number of hydrogen-bond acceptors (Lipinski definition) is 3. The minimum Gasteiger partial charge on any atom is -0.330 e. The minimum absolute atomic E-state index is 0.782. The third kappa shape index (κ3) is 7.88. The summed E-state index contributed by atoms with van der Waals surface area (Å²) in [5.41, 5.74) is 10.6. The van der Waals surface area contributed by atoms with Crippen LogP contribution in [0.4, 0.5) is 0 Å². The lowest BCUT2D eigenvalue weighted by Gasteiger charge is -2.01. The van der Waals surface area contributed by atoms with E-state index in [2.05, 4.69) is 5.32 Å². The van der Waals surface area contributed by atoms with Gasteiger partial charge in [-0.3, -0.25) is 0 Å². The summed E-state index contributed by atoms with van der Waals surface area (Å²) in [6.07, 6.45) is 3.37. The summed E-state index contributed by atoms with van der Waals surface area (Å²) in [7, 11) is 0. The molecule has 62 valence electrons. The number of unbranched alkanes of at least 4 members (excludes halogenated alkanes) is 1. The second kappa shape index (κ2) is 8.88. The van der Waals surface area contributed by atoms with Crippen LogP contribution in [0.2, 0.25) is 0 Å². The van der Waals surface area contributed by atoms with Crippen LogP contribution in [0.25, 0.3) is 0 Å². The molecule has 0 aromatic rings. The number of nitrogens with one attached hydrogen (secondary N) is 1. The Morgan fingerprint density at radius 2 is 1.40 bits per heavy atom. The Morgan fingerprint density at radius 1 is 0.800 bits per heavy atom. The maximum atomic E-state index is 5.32. The van der Waals surface area contributed by atoms with E-state index in [0.717, 1.165) is 39.0 Å². The van der Waals surface area contributed by atoms with Crippen LogP contribution < -0.4 is 16.8 Å². The molecule has 0 saturated heterocycles. The average Bonchev–Trinajstić information content (AvgIpc) is 1.97. The third-order valence-corrected chi connectivity index (χ3v) is 1.37. The van der Waals surface area contributed by atoms with E-state index in [1.165, 1.54) is 6.42 Å². The molecule has 0 fully saturated rings. The first-order chi connectivity index (χ1) is 4.91. The van der Waals surface area contributed by atoms with Crippen LogP contribution in [0.1, 0.15) is 19.3 Å². The minimum atomic E-state index is 0.782. The molecule has 0 aromatic heterocycles. The smallest absolute Gasteiger partial charge is 0.00369 e. The van der Waals surface area contributed by atoms with Gasteiger partial charge >= 0.3 is 0 Å². The molecule has 3 heteroatoms. The lowest BCUT2D eigenvalue weighted by Crippen LogP contribution is -2.19. The molecule has 0 aromatic carbocycles. The van der Waals surface area contributed by atoms with Gasteiger partial charge in [0, 0.05) is 0 Å². The summed E-state index contributed by atoms with van der Waals surface area (Å²) in [4.78, 5) is 0. The van der Waals surface area contributed by atoms with Gasteiger partial charge in [0.2, 0.25) is 0 Å². The fourth-order valence-corrected chi connectivity index (χ4v) is 0.746. The highest BCUT2D eigenvalue weighted by Gasteiger charge is 1.85. The van der Waals surface area contributed by atoms with Gasteiger partial charge in [0.05, 0.1) is 0 Å². The van der Waals surface area contributed by atoms with Crippen molar-refractivity contribution in [3.8, 4) is 0 Å². The molecule has 0 unspecified atom stereocenters. The van der Waals surface area contributed by atoms with Gasteiger partial charge in [-0.1, -0.05) is 0 Å². The Balaban J connectivity index is 2.65. The number of nitrogens with two attached hydrogens (primary N) is 2. The second-order valence-electron chi connectivity index (χ2n) is 2.39. The molecule has 0 bridgehead atoms. The van der Waals surface area contributed by atoms with E-state index in [1.807, 2.05) is 0 Å². The van der Waals surface area contributed by atoms with E-state index in [4.69, 9.17) is 11.5 Å². The number of hydrogen-bond donors (Lipinski definition) is 3. The highest BCUT2D eigenvalue weighted by molar-refractivity contribution is 4.49. The van der Waals surface area contributed by atoms with E-state index in [0.29, 0.717) is 0 Å². The highest BCUT2D eigenvalue weighted by Crippen LogP contribution is 1.81. The molecular formula is C7H19N3. The summed E-state index contributed by atoms with van der Waals surface area (Å²) in [6, 6.07) is 0. The van der Waals surface area contributed by atoms with Crippen molar-refractivity contribution >= 4 is 0 Å². The Bertz CT molecular complexity index is 48.8. The first kappa shape index (κ1) is 9.88. The molecule has 5 N–H and O–H groups in total. The van der Waals surface area contributed by atoms with Crippen LogP contribution in [0.15, 0.2) is 0 Å². The molecule has 0 spiro atoms. The molecule has 0 saturated carbocycles. The predicted octanol–water partition coefficient (Wildman–Crippen LogP) is -0.336. The van der Waals surface area contributed by atoms with E-state index < -0.39 is 0 Å². The highest BCUT2D eigenvalue weighted by atomic mass is 15.0. The van der Waals surface area contributed by atoms with Gasteiger partial charge in [-0.05, 0) is 45.4 Å². The fraction of sp³-hybridized carbons (Fsp3) is 1.00. The van der Waals surface area contributed by atoms with Gasteiger partial charge in [-0.2, -0.15) is 0 Å². The topological polar surface area (TPSA) is 64.1 Å². The fourth-order valence-electron chi connectivity index (χ4n) is 0.746. The molecular weight excluding hydrogens is 128 g/mol. The van der Waals surface area contributed by atoms with Gasteiger partial charge in [0.25, 0.3) is 0 Å². The van der Waals surface area contributed by atoms with Gasteiger partial charge in [0.1, 0.15) is 0 Å². The van der Waals surface area contributed by atoms with E-state index in [1.54, 1.807) is 0 Å². The molecule has 0 aliphatic carbocycles. The van der Waals surface area contributed by atoms with Gasteiger partial charge in [-0.25, -0.2) is 0 Å². The van der Waals surface area contributed by atoms with Crippen LogP contribution in [0.5, 0.6) is 0 Å². The van der Waals surface area contributed by atoms with Gasteiger partial charge < -0.3 is 16.8 Å². The average molecular weight is 147 g/mol. The SMILES string of the molecule is NCCCN[13CH2]CC[13CH2]N. The van der Waals surface area contributed by atoms with E-state index in [-0.39, 0.29) is 0 Å². The molecule has 10 heavy (non-hydrogen) atoms. The molecule has 0 aliphatic rings. The van der Waals surface area contributed by atoms with Crippen molar-refractivity contribution in [3.63, 3.8) is 0 Å². The van der Waals surface area contributed by atoms with Crippen LogP contribution in [0, 0.1) is 0 Å². The molecule has 0 aliphatic heterocycles. The normalized spacial score (nSPS) is 10.2. The summed E-state index contributed by atoms with van der Waals surface area (Å²) in [5, 5.41) is 3.29. The second-order valence-corrected chi connectivity index (χ2v) is 2.39. The summed E-state index contributed by atoms with van der Waals surface area (Å²) in [6.45, 7) is 3.71. The Kier molecular flexibility index (Phi) is 8.77.